The molecule has 1 aromatic carbocycles. The summed E-state index contributed by atoms with van der Waals surface area (Å²) in [5.41, 5.74) is 2.13. The molecule has 5 nitrogen and oxygen atoms in total. The first-order valence-corrected chi connectivity index (χ1v) is 6.35. The molecule has 5 heteroatoms. The van der Waals surface area contributed by atoms with Crippen molar-refractivity contribution in [2.45, 2.75) is 39.3 Å². The Bertz CT molecular complexity index is 429. The molecule has 0 radical (unpaired) electrons. The number of rotatable bonds is 6. The minimum Gasteiger partial charge on any atom is -0.480 e. The van der Waals surface area contributed by atoms with Crippen molar-refractivity contribution in [2.75, 3.05) is 0 Å². The van der Waals surface area contributed by atoms with Crippen molar-refractivity contribution in [3.8, 4) is 0 Å². The minimum absolute atomic E-state index is 0.380. The van der Waals surface area contributed by atoms with Crippen molar-refractivity contribution in [2.24, 2.45) is 0 Å². The Balaban J connectivity index is 2.42. The van der Waals surface area contributed by atoms with Gasteiger partial charge in [0.1, 0.15) is 6.04 Å². The molecule has 1 unspecified atom stereocenters. The summed E-state index contributed by atoms with van der Waals surface area (Å²) in [5, 5.41) is 14.0. The van der Waals surface area contributed by atoms with E-state index in [0.717, 1.165) is 11.1 Å². The SMILES string of the molecule is CCCC(NC(=O)NCc1ccc(C)cc1)C(=O)O. The van der Waals surface area contributed by atoms with E-state index in [1.54, 1.807) is 0 Å². The number of amides is 2. The fraction of sp³-hybridized carbons (Fsp3) is 0.429. The number of aryl methyl sites for hydroxylation is 1. The standard InChI is InChI=1S/C14H20N2O3/c1-3-4-12(13(17)18)16-14(19)15-9-11-7-5-10(2)6-8-11/h5-8,12H,3-4,9H2,1-2H3,(H,17,18)(H2,15,16,19). The molecule has 0 aliphatic carbocycles. The van der Waals surface area contributed by atoms with Crippen LogP contribution in [0.15, 0.2) is 24.3 Å². The van der Waals surface area contributed by atoms with Crippen LogP contribution in [-0.2, 0) is 11.3 Å². The zero-order valence-corrected chi connectivity index (χ0v) is 11.3. The number of urea groups is 1. The summed E-state index contributed by atoms with van der Waals surface area (Å²) in [5.74, 6) is -1.01. The first-order chi connectivity index (χ1) is 9.02. The van der Waals surface area contributed by atoms with E-state index < -0.39 is 18.0 Å². The van der Waals surface area contributed by atoms with Gasteiger partial charge in [-0.05, 0) is 18.9 Å². The van der Waals surface area contributed by atoms with Crippen LogP contribution in [0, 0.1) is 6.92 Å². The van der Waals surface area contributed by atoms with Crippen LogP contribution in [0.2, 0.25) is 0 Å². The Morgan fingerprint density at radius 3 is 2.42 bits per heavy atom. The number of hydrogen-bond donors (Lipinski definition) is 3. The van der Waals surface area contributed by atoms with Crippen LogP contribution in [0.25, 0.3) is 0 Å². The number of carboxylic acids is 1. The molecule has 0 saturated carbocycles. The summed E-state index contributed by atoms with van der Waals surface area (Å²) >= 11 is 0. The van der Waals surface area contributed by atoms with Crippen molar-refractivity contribution >= 4 is 12.0 Å². The van der Waals surface area contributed by atoms with Crippen LogP contribution in [0.3, 0.4) is 0 Å². The quantitative estimate of drug-likeness (QED) is 0.735. The van der Waals surface area contributed by atoms with Gasteiger partial charge in [0.25, 0.3) is 0 Å². The van der Waals surface area contributed by atoms with Gasteiger partial charge < -0.3 is 15.7 Å². The number of hydrogen-bond acceptors (Lipinski definition) is 2. The lowest BCUT2D eigenvalue weighted by molar-refractivity contribution is -0.139. The molecular weight excluding hydrogens is 244 g/mol. The van der Waals surface area contributed by atoms with Crippen molar-refractivity contribution < 1.29 is 14.7 Å². The molecule has 0 bridgehead atoms. The van der Waals surface area contributed by atoms with Gasteiger partial charge in [0.05, 0.1) is 0 Å². The molecule has 104 valence electrons. The molecule has 0 aromatic heterocycles. The fourth-order valence-electron chi connectivity index (χ4n) is 1.64. The van der Waals surface area contributed by atoms with E-state index in [9.17, 15) is 9.59 Å². The number of aliphatic carboxylic acids is 1. The van der Waals surface area contributed by atoms with Crippen LogP contribution in [0.1, 0.15) is 30.9 Å². The van der Waals surface area contributed by atoms with Crippen LogP contribution in [-0.4, -0.2) is 23.1 Å². The second kappa shape index (κ2) is 7.41. The molecule has 0 aliphatic rings. The Labute approximate surface area is 113 Å². The Hall–Kier alpha value is -2.04. The topological polar surface area (TPSA) is 78.4 Å². The monoisotopic (exact) mass is 264 g/mol. The van der Waals surface area contributed by atoms with Gasteiger partial charge in [-0.15, -0.1) is 0 Å². The van der Waals surface area contributed by atoms with Gasteiger partial charge in [-0.2, -0.15) is 0 Å². The summed E-state index contributed by atoms with van der Waals surface area (Å²) in [6, 6.07) is 6.49. The van der Waals surface area contributed by atoms with E-state index in [0.29, 0.717) is 19.4 Å². The third-order valence-corrected chi connectivity index (χ3v) is 2.75. The van der Waals surface area contributed by atoms with Gasteiger partial charge >= 0.3 is 12.0 Å². The van der Waals surface area contributed by atoms with E-state index in [2.05, 4.69) is 10.6 Å². The number of benzene rings is 1. The third kappa shape index (κ3) is 5.42. The summed E-state index contributed by atoms with van der Waals surface area (Å²) in [6.45, 7) is 4.25. The second-order valence-electron chi connectivity index (χ2n) is 4.49. The molecule has 1 atom stereocenters. The fourth-order valence-corrected chi connectivity index (χ4v) is 1.64. The Morgan fingerprint density at radius 2 is 1.89 bits per heavy atom. The van der Waals surface area contributed by atoms with Gasteiger partial charge in [0, 0.05) is 6.54 Å². The first kappa shape index (κ1) is 15.0. The van der Waals surface area contributed by atoms with E-state index in [1.165, 1.54) is 0 Å². The maximum absolute atomic E-state index is 11.6. The molecule has 3 N–H and O–H groups in total. The molecule has 1 aromatic rings. The molecule has 1 rings (SSSR count). The van der Waals surface area contributed by atoms with Gasteiger partial charge in [-0.3, -0.25) is 0 Å². The summed E-state index contributed by atoms with van der Waals surface area (Å²) in [4.78, 5) is 22.5. The van der Waals surface area contributed by atoms with Crippen molar-refractivity contribution in [3.63, 3.8) is 0 Å². The third-order valence-electron chi connectivity index (χ3n) is 2.75. The summed E-state index contributed by atoms with van der Waals surface area (Å²) < 4.78 is 0. The zero-order chi connectivity index (χ0) is 14.3. The van der Waals surface area contributed by atoms with Gasteiger partial charge in [0.15, 0.2) is 0 Å². The molecule has 0 spiro atoms. The normalized spacial score (nSPS) is 11.7. The average Bonchev–Trinajstić information content (AvgIpc) is 2.37. The van der Waals surface area contributed by atoms with Crippen molar-refractivity contribution in [1.29, 1.82) is 0 Å². The van der Waals surface area contributed by atoms with Crippen LogP contribution >= 0.6 is 0 Å². The highest BCUT2D eigenvalue weighted by Gasteiger charge is 2.18. The molecule has 0 heterocycles. The maximum atomic E-state index is 11.6. The van der Waals surface area contributed by atoms with E-state index >= 15 is 0 Å². The van der Waals surface area contributed by atoms with Crippen LogP contribution in [0.5, 0.6) is 0 Å². The molecule has 2 amide bonds. The minimum atomic E-state index is -1.01. The highest BCUT2D eigenvalue weighted by Crippen LogP contribution is 2.02. The largest absolute Gasteiger partial charge is 0.480 e. The zero-order valence-electron chi connectivity index (χ0n) is 11.3. The predicted molar refractivity (Wildman–Crippen MR) is 72.9 cm³/mol. The van der Waals surface area contributed by atoms with E-state index in [-0.39, 0.29) is 0 Å². The van der Waals surface area contributed by atoms with Gasteiger partial charge in [-0.1, -0.05) is 43.2 Å². The van der Waals surface area contributed by atoms with Gasteiger partial charge in [-0.25, -0.2) is 9.59 Å². The van der Waals surface area contributed by atoms with Gasteiger partial charge in [0.2, 0.25) is 0 Å². The lowest BCUT2D eigenvalue weighted by Crippen LogP contribution is -2.45. The molecule has 0 saturated heterocycles. The van der Waals surface area contributed by atoms with Crippen molar-refractivity contribution in [1.82, 2.24) is 10.6 Å². The highest BCUT2D eigenvalue weighted by molar-refractivity contribution is 5.82. The van der Waals surface area contributed by atoms with Crippen LogP contribution < -0.4 is 10.6 Å². The van der Waals surface area contributed by atoms with E-state index in [4.69, 9.17) is 5.11 Å². The Kier molecular flexibility index (Phi) is 5.85. The molecule has 19 heavy (non-hydrogen) atoms. The maximum Gasteiger partial charge on any atom is 0.326 e. The second-order valence-corrected chi connectivity index (χ2v) is 4.49. The molecule has 0 aliphatic heterocycles. The first-order valence-electron chi connectivity index (χ1n) is 6.35. The lowest BCUT2D eigenvalue weighted by atomic mass is 10.1. The summed E-state index contributed by atoms with van der Waals surface area (Å²) in [7, 11) is 0. The van der Waals surface area contributed by atoms with E-state index in [1.807, 2.05) is 38.1 Å². The number of carbonyl (C=O) groups is 2. The molecular formula is C14H20N2O3. The highest BCUT2D eigenvalue weighted by atomic mass is 16.4. The Morgan fingerprint density at radius 1 is 1.26 bits per heavy atom. The number of carbonyl (C=O) groups excluding carboxylic acids is 1. The predicted octanol–water partition coefficient (Wildman–Crippen LogP) is 2.05. The smallest absolute Gasteiger partial charge is 0.326 e. The summed E-state index contributed by atoms with van der Waals surface area (Å²) in [6.07, 6.45) is 1.13. The number of carboxylic acid groups (broad SMARTS) is 1. The van der Waals surface area contributed by atoms with Crippen LogP contribution in [0.4, 0.5) is 4.79 Å². The number of nitrogens with one attached hydrogen (secondary N) is 2. The average molecular weight is 264 g/mol. The lowest BCUT2D eigenvalue weighted by Gasteiger charge is -2.14. The van der Waals surface area contributed by atoms with Crippen molar-refractivity contribution in [3.05, 3.63) is 35.4 Å². The molecule has 0 fully saturated rings.